The van der Waals surface area contributed by atoms with Crippen molar-refractivity contribution in [3.05, 3.63) is 18.3 Å². The van der Waals surface area contributed by atoms with Gasteiger partial charge >= 0.3 is 0 Å². The number of imidazole rings is 1. The summed E-state index contributed by atoms with van der Waals surface area (Å²) < 4.78 is 1.73. The maximum atomic E-state index is 12.4. The molecular weight excluding hydrogens is 258 g/mol. The van der Waals surface area contributed by atoms with Gasteiger partial charge in [-0.25, -0.2) is 15.0 Å². The second-order valence-corrected chi connectivity index (χ2v) is 5.17. The molecule has 0 radical (unpaired) electrons. The third-order valence-corrected chi connectivity index (χ3v) is 3.28. The van der Waals surface area contributed by atoms with E-state index in [1.165, 1.54) is 6.33 Å². The fraction of sp³-hybridized carbons (Fsp3) is 0.538. The number of aromatic nitrogens is 4. The zero-order chi connectivity index (χ0) is 14.8. The molecule has 1 atom stereocenters. The van der Waals surface area contributed by atoms with Crippen LogP contribution in [-0.2, 0) is 7.05 Å². The predicted octanol–water partition coefficient (Wildman–Crippen LogP) is 0.644. The van der Waals surface area contributed by atoms with Crippen LogP contribution in [0.5, 0.6) is 0 Å². The molecule has 2 aromatic heterocycles. The molecule has 7 nitrogen and oxygen atoms in total. The number of rotatable bonds is 5. The highest BCUT2D eigenvalue weighted by Crippen LogP contribution is 2.15. The van der Waals surface area contributed by atoms with Gasteiger partial charge in [-0.1, -0.05) is 13.3 Å². The highest BCUT2D eigenvalue weighted by Gasteiger charge is 2.27. The van der Waals surface area contributed by atoms with E-state index in [9.17, 15) is 9.90 Å². The van der Waals surface area contributed by atoms with Crippen LogP contribution in [0.2, 0.25) is 0 Å². The Morgan fingerprint density at radius 3 is 2.85 bits per heavy atom. The van der Waals surface area contributed by atoms with E-state index in [4.69, 9.17) is 0 Å². The van der Waals surface area contributed by atoms with Gasteiger partial charge in [-0.05, 0) is 13.3 Å². The molecule has 0 bridgehead atoms. The molecule has 0 aliphatic carbocycles. The number of aliphatic hydroxyl groups excluding tert-OH is 1. The summed E-state index contributed by atoms with van der Waals surface area (Å²) in [5.74, 6) is -0.346. The molecule has 1 amide bonds. The van der Waals surface area contributed by atoms with Gasteiger partial charge in [-0.15, -0.1) is 0 Å². The number of nitrogens with one attached hydrogen (secondary N) is 1. The van der Waals surface area contributed by atoms with E-state index >= 15 is 0 Å². The van der Waals surface area contributed by atoms with Crippen molar-refractivity contribution >= 4 is 17.1 Å². The number of aryl methyl sites for hydroxylation is 1. The molecular formula is C13H19N5O2. The lowest BCUT2D eigenvalue weighted by Crippen LogP contribution is -2.49. The Balaban J connectivity index is 2.32. The summed E-state index contributed by atoms with van der Waals surface area (Å²) >= 11 is 0. The van der Waals surface area contributed by atoms with Crippen molar-refractivity contribution in [2.75, 3.05) is 6.61 Å². The molecule has 2 N–H and O–H groups in total. The minimum atomic E-state index is -0.655. The second-order valence-electron chi connectivity index (χ2n) is 5.17. The smallest absolute Gasteiger partial charge is 0.272 e. The second kappa shape index (κ2) is 5.54. The fourth-order valence-electron chi connectivity index (χ4n) is 2.18. The number of hydrogen-bond acceptors (Lipinski definition) is 5. The topological polar surface area (TPSA) is 92.9 Å². The Morgan fingerprint density at radius 2 is 2.20 bits per heavy atom. The summed E-state index contributed by atoms with van der Waals surface area (Å²) in [6.07, 6.45) is 4.48. The van der Waals surface area contributed by atoms with Gasteiger partial charge in [-0.2, -0.15) is 0 Å². The van der Waals surface area contributed by atoms with E-state index in [0.29, 0.717) is 17.6 Å². The molecule has 2 heterocycles. The quantitative estimate of drug-likeness (QED) is 0.836. The van der Waals surface area contributed by atoms with E-state index in [1.807, 2.05) is 13.8 Å². The summed E-state index contributed by atoms with van der Waals surface area (Å²) in [6, 6.07) is 0. The van der Waals surface area contributed by atoms with Crippen LogP contribution < -0.4 is 5.32 Å². The van der Waals surface area contributed by atoms with Gasteiger partial charge in [0.05, 0.1) is 18.5 Å². The lowest BCUT2D eigenvalue weighted by molar-refractivity contribution is 0.0837. The Morgan fingerprint density at radius 1 is 1.45 bits per heavy atom. The van der Waals surface area contributed by atoms with Gasteiger partial charge in [0.25, 0.3) is 5.91 Å². The van der Waals surface area contributed by atoms with Crippen molar-refractivity contribution in [3.8, 4) is 0 Å². The van der Waals surface area contributed by atoms with Crippen LogP contribution in [0.25, 0.3) is 11.2 Å². The molecule has 2 rings (SSSR count). The molecule has 1 unspecified atom stereocenters. The molecule has 108 valence electrons. The minimum absolute atomic E-state index is 0.122. The standard InChI is InChI=1S/C13H19N5O2/c1-4-5-13(2,6-19)17-12(20)10-9-11(15-7-14-10)18(3)8-16-9/h7-8,19H,4-6H2,1-3H3,(H,17,20). The zero-order valence-corrected chi connectivity index (χ0v) is 11.9. The summed E-state index contributed by atoms with van der Waals surface area (Å²) in [4.78, 5) is 24.6. The van der Waals surface area contributed by atoms with Crippen LogP contribution in [-0.4, -0.2) is 42.7 Å². The number of nitrogens with zero attached hydrogens (tertiary/aromatic N) is 4. The molecule has 0 saturated heterocycles. The maximum Gasteiger partial charge on any atom is 0.272 e. The highest BCUT2D eigenvalue weighted by atomic mass is 16.3. The van der Waals surface area contributed by atoms with Crippen LogP contribution in [0.1, 0.15) is 37.2 Å². The zero-order valence-electron chi connectivity index (χ0n) is 11.9. The number of carbonyl (C=O) groups is 1. The van der Waals surface area contributed by atoms with Crippen LogP contribution in [0, 0.1) is 0 Å². The van der Waals surface area contributed by atoms with Crippen molar-refractivity contribution in [1.29, 1.82) is 0 Å². The number of fused-ring (bicyclic) bond motifs is 1. The monoisotopic (exact) mass is 277 g/mol. The number of carbonyl (C=O) groups excluding carboxylic acids is 1. The normalized spacial score (nSPS) is 14.2. The molecule has 0 aliphatic rings. The van der Waals surface area contributed by atoms with Crippen molar-refractivity contribution in [2.24, 2.45) is 7.05 Å². The maximum absolute atomic E-state index is 12.4. The number of amides is 1. The lowest BCUT2D eigenvalue weighted by atomic mass is 9.97. The minimum Gasteiger partial charge on any atom is -0.394 e. The molecule has 0 saturated carbocycles. The third kappa shape index (κ3) is 2.62. The van der Waals surface area contributed by atoms with Crippen LogP contribution in [0.15, 0.2) is 12.7 Å². The largest absolute Gasteiger partial charge is 0.394 e. The van der Waals surface area contributed by atoms with E-state index in [1.54, 1.807) is 17.9 Å². The summed E-state index contributed by atoms with van der Waals surface area (Å²) in [5.41, 5.74) is 0.639. The van der Waals surface area contributed by atoms with Gasteiger partial charge in [-0.3, -0.25) is 4.79 Å². The van der Waals surface area contributed by atoms with Gasteiger partial charge in [0, 0.05) is 7.05 Å². The first-order valence-corrected chi connectivity index (χ1v) is 6.56. The van der Waals surface area contributed by atoms with Gasteiger partial charge < -0.3 is 15.0 Å². The Kier molecular flexibility index (Phi) is 3.99. The fourth-order valence-corrected chi connectivity index (χ4v) is 2.18. The Hall–Kier alpha value is -2.02. The van der Waals surface area contributed by atoms with Gasteiger partial charge in [0.15, 0.2) is 11.3 Å². The molecule has 7 heteroatoms. The van der Waals surface area contributed by atoms with E-state index < -0.39 is 5.54 Å². The molecule has 0 spiro atoms. The van der Waals surface area contributed by atoms with Crippen molar-refractivity contribution < 1.29 is 9.90 Å². The highest BCUT2D eigenvalue weighted by molar-refractivity contribution is 6.02. The Labute approximate surface area is 117 Å². The molecule has 0 aromatic carbocycles. The van der Waals surface area contributed by atoms with Gasteiger partial charge in [0.1, 0.15) is 11.8 Å². The molecule has 0 aliphatic heterocycles. The molecule has 0 fully saturated rings. The van der Waals surface area contributed by atoms with E-state index in [0.717, 1.165) is 6.42 Å². The predicted molar refractivity (Wildman–Crippen MR) is 74.2 cm³/mol. The van der Waals surface area contributed by atoms with Crippen LogP contribution in [0.3, 0.4) is 0 Å². The first kappa shape index (κ1) is 14.4. The average Bonchev–Trinajstić information content (AvgIpc) is 2.81. The Bertz CT molecular complexity index is 624. The van der Waals surface area contributed by atoms with Crippen molar-refractivity contribution in [1.82, 2.24) is 24.8 Å². The average molecular weight is 277 g/mol. The molecule has 2 aromatic rings. The summed E-state index contributed by atoms with van der Waals surface area (Å²) in [5, 5.41) is 12.3. The van der Waals surface area contributed by atoms with Crippen LogP contribution in [0.4, 0.5) is 0 Å². The first-order chi connectivity index (χ1) is 9.50. The lowest BCUT2D eigenvalue weighted by Gasteiger charge is -2.28. The first-order valence-electron chi connectivity index (χ1n) is 6.56. The van der Waals surface area contributed by atoms with Crippen molar-refractivity contribution in [3.63, 3.8) is 0 Å². The number of aliphatic hydroxyl groups is 1. The summed E-state index contributed by atoms with van der Waals surface area (Å²) in [7, 11) is 1.80. The van der Waals surface area contributed by atoms with Crippen LogP contribution >= 0.6 is 0 Å². The van der Waals surface area contributed by atoms with Crippen molar-refractivity contribution in [2.45, 2.75) is 32.2 Å². The number of hydrogen-bond donors (Lipinski definition) is 2. The summed E-state index contributed by atoms with van der Waals surface area (Å²) in [6.45, 7) is 3.69. The SMILES string of the molecule is CCCC(C)(CO)NC(=O)c1ncnc2c1ncn2C. The van der Waals surface area contributed by atoms with E-state index in [2.05, 4.69) is 20.3 Å². The van der Waals surface area contributed by atoms with Gasteiger partial charge in [0.2, 0.25) is 0 Å². The molecule has 20 heavy (non-hydrogen) atoms. The van der Waals surface area contributed by atoms with E-state index in [-0.39, 0.29) is 18.2 Å². The third-order valence-electron chi connectivity index (χ3n) is 3.28.